The van der Waals surface area contributed by atoms with Crippen molar-refractivity contribution in [1.29, 1.82) is 0 Å². The van der Waals surface area contributed by atoms with Crippen LogP contribution >= 0.6 is 15.9 Å². The van der Waals surface area contributed by atoms with Gasteiger partial charge in [-0.15, -0.1) is 0 Å². The van der Waals surface area contributed by atoms with E-state index in [1.54, 1.807) is 7.11 Å². The number of carbonyl (C=O) groups is 2. The van der Waals surface area contributed by atoms with Crippen LogP contribution in [-0.4, -0.2) is 42.0 Å². The van der Waals surface area contributed by atoms with Crippen molar-refractivity contribution in [1.82, 2.24) is 0 Å². The number of esters is 1. The number of aliphatic hydroxyl groups excluding tert-OH is 1. The number of hydrogen-bond donors (Lipinski definition) is 2. The number of aliphatic hydroxyl groups is 1. The molecule has 160 valence electrons. The summed E-state index contributed by atoms with van der Waals surface area (Å²) in [6.07, 6.45) is 8.66. The lowest BCUT2D eigenvalue weighted by atomic mass is 9.93. The van der Waals surface area contributed by atoms with E-state index in [1.807, 2.05) is 32.1 Å². The van der Waals surface area contributed by atoms with E-state index in [1.165, 1.54) is 0 Å². The molecule has 7 heteroatoms. The van der Waals surface area contributed by atoms with Gasteiger partial charge in [-0.2, -0.15) is 0 Å². The van der Waals surface area contributed by atoms with Gasteiger partial charge in [0.2, 0.25) is 0 Å². The van der Waals surface area contributed by atoms with Crippen molar-refractivity contribution in [2.24, 2.45) is 5.92 Å². The molecule has 1 heterocycles. The molecule has 0 aromatic heterocycles. The summed E-state index contributed by atoms with van der Waals surface area (Å²) in [6, 6.07) is 0. The molecule has 0 aliphatic carbocycles. The summed E-state index contributed by atoms with van der Waals surface area (Å²) in [6.45, 7) is 3.97. The lowest BCUT2D eigenvalue weighted by Crippen LogP contribution is -2.04. The van der Waals surface area contributed by atoms with E-state index in [2.05, 4.69) is 15.9 Å². The zero-order chi connectivity index (χ0) is 22.0. The first kappa shape index (κ1) is 24.9. The van der Waals surface area contributed by atoms with Crippen LogP contribution in [0.1, 0.15) is 46.8 Å². The molecule has 0 radical (unpaired) electrons. The molecule has 0 fully saturated rings. The summed E-state index contributed by atoms with van der Waals surface area (Å²) in [5.41, 5.74) is 3.33. The van der Waals surface area contributed by atoms with Crippen molar-refractivity contribution in [3.05, 3.63) is 46.1 Å². The van der Waals surface area contributed by atoms with Crippen LogP contribution in [0, 0.1) is 12.8 Å². The third kappa shape index (κ3) is 6.18. The Morgan fingerprint density at radius 2 is 2.03 bits per heavy atom. The molecule has 2 N–H and O–H groups in total. The van der Waals surface area contributed by atoms with Crippen molar-refractivity contribution in [2.45, 2.75) is 39.7 Å². The Kier molecular flexibility index (Phi) is 10.7. The summed E-state index contributed by atoms with van der Waals surface area (Å²) in [4.78, 5) is 23.2. The number of aldehydes is 1. The van der Waals surface area contributed by atoms with E-state index in [9.17, 15) is 14.7 Å². The topological polar surface area (TPSA) is 93.1 Å². The van der Waals surface area contributed by atoms with Gasteiger partial charge in [0.1, 0.15) is 30.0 Å². The molecule has 0 saturated heterocycles. The summed E-state index contributed by atoms with van der Waals surface area (Å²) in [5.74, 6) is -0.0921. The standard InChI is InChI=1S/C21H25BrO5.CH4O/c1-13(10-15(11-23)6-4-5-9-22)7-8-16-19(24)18-17(12-27-21(18)25)14(2)20(16)26-3;1-2/h4-5,7,11,15,24H,6,8-10,12H2,1-3H3;2H,1H3/b5-4+,13-7+;. The Hall–Kier alpha value is -2.12. The fourth-order valence-electron chi connectivity index (χ4n) is 3.32. The Morgan fingerprint density at radius 1 is 1.34 bits per heavy atom. The number of carbonyl (C=O) groups excluding carboxylic acids is 2. The van der Waals surface area contributed by atoms with Crippen molar-refractivity contribution >= 4 is 28.2 Å². The monoisotopic (exact) mass is 468 g/mol. The predicted octanol–water partition coefficient (Wildman–Crippen LogP) is 4.02. The normalized spacial score (nSPS) is 14.1. The minimum Gasteiger partial charge on any atom is -0.507 e. The van der Waals surface area contributed by atoms with Crippen molar-refractivity contribution in [3.8, 4) is 11.5 Å². The molecule has 0 bridgehead atoms. The Morgan fingerprint density at radius 3 is 2.62 bits per heavy atom. The maximum absolute atomic E-state index is 12.0. The summed E-state index contributed by atoms with van der Waals surface area (Å²) >= 11 is 3.32. The van der Waals surface area contributed by atoms with Crippen molar-refractivity contribution in [2.75, 3.05) is 19.5 Å². The predicted molar refractivity (Wildman–Crippen MR) is 116 cm³/mol. The van der Waals surface area contributed by atoms with Gasteiger partial charge >= 0.3 is 5.97 Å². The number of cyclic esters (lactones) is 1. The van der Waals surface area contributed by atoms with Gasteiger partial charge in [0.25, 0.3) is 0 Å². The van der Waals surface area contributed by atoms with Gasteiger partial charge in [0.15, 0.2) is 0 Å². The molecule has 6 nitrogen and oxygen atoms in total. The molecule has 29 heavy (non-hydrogen) atoms. The van der Waals surface area contributed by atoms with Crippen LogP contribution in [0.5, 0.6) is 11.5 Å². The van der Waals surface area contributed by atoms with Crippen LogP contribution in [0.25, 0.3) is 0 Å². The average Bonchev–Trinajstić information content (AvgIpc) is 3.12. The first-order valence-corrected chi connectivity index (χ1v) is 10.4. The number of hydrogen-bond acceptors (Lipinski definition) is 6. The van der Waals surface area contributed by atoms with Crippen LogP contribution in [0.3, 0.4) is 0 Å². The number of rotatable bonds is 9. The van der Waals surface area contributed by atoms with Gasteiger partial charge in [-0.1, -0.05) is 39.7 Å². The van der Waals surface area contributed by atoms with Crippen molar-refractivity contribution < 1.29 is 29.3 Å². The first-order valence-electron chi connectivity index (χ1n) is 9.29. The smallest absolute Gasteiger partial charge is 0.342 e. The fourth-order valence-corrected chi connectivity index (χ4v) is 3.59. The number of fused-ring (bicyclic) bond motifs is 1. The SMILES string of the molecule is CO.COc1c(C)c2c(c(O)c1C/C=C(\C)CC(C=O)C/C=C/CBr)C(=O)OC2. The van der Waals surface area contributed by atoms with Crippen molar-refractivity contribution in [3.63, 3.8) is 0 Å². The molecule has 1 unspecified atom stereocenters. The number of alkyl halides is 1. The minimum absolute atomic E-state index is 0.0776. The number of allylic oxidation sites excluding steroid dienone is 4. The molecule has 1 aromatic rings. The average molecular weight is 469 g/mol. The highest BCUT2D eigenvalue weighted by Gasteiger charge is 2.31. The number of methoxy groups -OCH3 is 1. The zero-order valence-electron chi connectivity index (χ0n) is 17.3. The van der Waals surface area contributed by atoms with E-state index in [4.69, 9.17) is 14.6 Å². The second kappa shape index (κ2) is 12.4. The van der Waals surface area contributed by atoms with Crippen LogP contribution in [0.15, 0.2) is 23.8 Å². The molecule has 1 aromatic carbocycles. The Labute approximate surface area is 180 Å². The molecule has 2 rings (SSSR count). The Bertz CT molecular complexity index is 782. The third-order valence-corrected chi connectivity index (χ3v) is 5.15. The third-order valence-electron chi connectivity index (χ3n) is 4.77. The number of ether oxygens (including phenoxy) is 2. The minimum atomic E-state index is -0.505. The van der Waals surface area contributed by atoms with E-state index in [0.717, 1.165) is 29.9 Å². The van der Waals surface area contributed by atoms with Crippen LogP contribution in [0.2, 0.25) is 0 Å². The second-order valence-electron chi connectivity index (χ2n) is 6.63. The Balaban J connectivity index is 0.00000204. The zero-order valence-corrected chi connectivity index (χ0v) is 18.9. The summed E-state index contributed by atoms with van der Waals surface area (Å²) in [7, 11) is 2.55. The van der Waals surface area contributed by atoms with E-state index < -0.39 is 5.97 Å². The maximum Gasteiger partial charge on any atom is 0.342 e. The number of phenolic OH excluding ortho intramolecular Hbond substituents is 1. The van der Waals surface area contributed by atoms with Crippen LogP contribution in [0.4, 0.5) is 0 Å². The van der Waals surface area contributed by atoms with Gasteiger partial charge < -0.3 is 24.5 Å². The lowest BCUT2D eigenvalue weighted by Gasteiger charge is -2.16. The number of benzene rings is 1. The number of aromatic hydroxyl groups is 1. The first-order chi connectivity index (χ1) is 13.9. The van der Waals surface area contributed by atoms with E-state index >= 15 is 0 Å². The molecule has 1 aliphatic rings. The van der Waals surface area contributed by atoms with Gasteiger partial charge in [-0.05, 0) is 38.7 Å². The lowest BCUT2D eigenvalue weighted by molar-refractivity contribution is -0.111. The second-order valence-corrected chi connectivity index (χ2v) is 7.28. The highest BCUT2D eigenvalue weighted by atomic mass is 79.9. The van der Waals surface area contributed by atoms with Crippen LogP contribution in [-0.2, 0) is 22.6 Å². The molecular weight excluding hydrogens is 440 g/mol. The molecule has 1 atom stereocenters. The number of halogens is 1. The molecule has 0 spiro atoms. The van der Waals surface area contributed by atoms with Gasteiger partial charge in [-0.3, -0.25) is 0 Å². The summed E-state index contributed by atoms with van der Waals surface area (Å²) < 4.78 is 10.6. The maximum atomic E-state index is 12.0. The molecule has 0 amide bonds. The largest absolute Gasteiger partial charge is 0.507 e. The fraction of sp³-hybridized carbons (Fsp3) is 0.455. The molecular formula is C22H29BrO6. The number of phenols is 1. The summed E-state index contributed by atoms with van der Waals surface area (Å²) in [5, 5.41) is 18.4. The highest BCUT2D eigenvalue weighted by Crippen LogP contribution is 2.42. The van der Waals surface area contributed by atoms with Gasteiger partial charge in [-0.25, -0.2) is 4.79 Å². The molecule has 0 saturated carbocycles. The molecule has 1 aliphatic heterocycles. The van der Waals surface area contributed by atoms with Crippen LogP contribution < -0.4 is 4.74 Å². The highest BCUT2D eigenvalue weighted by molar-refractivity contribution is 9.09. The van der Waals surface area contributed by atoms with E-state index in [-0.39, 0.29) is 23.8 Å². The quantitative estimate of drug-likeness (QED) is 0.246. The van der Waals surface area contributed by atoms with E-state index in [0.29, 0.717) is 36.1 Å². The van der Waals surface area contributed by atoms with Gasteiger partial charge in [0, 0.05) is 29.5 Å². The van der Waals surface area contributed by atoms with Gasteiger partial charge in [0.05, 0.1) is 7.11 Å².